The molecule has 0 bridgehead atoms. The van der Waals surface area contributed by atoms with Crippen molar-refractivity contribution in [2.75, 3.05) is 13.7 Å². The maximum atomic E-state index is 12.9. The van der Waals surface area contributed by atoms with Crippen LogP contribution in [0.3, 0.4) is 0 Å². The Kier molecular flexibility index (Phi) is 7.17. The molecule has 142 valence electrons. The monoisotopic (exact) mass is 440 g/mol. The lowest BCUT2D eigenvalue weighted by Gasteiger charge is -2.20. The molecule has 26 heavy (non-hydrogen) atoms. The zero-order valence-corrected chi connectivity index (χ0v) is 18.4. The van der Waals surface area contributed by atoms with Crippen LogP contribution in [0.1, 0.15) is 40.2 Å². The third kappa shape index (κ3) is 4.62. The zero-order chi connectivity index (χ0) is 19.4. The molecular weight excluding hydrogens is 416 g/mol. The van der Waals surface area contributed by atoms with Gasteiger partial charge in [-0.25, -0.2) is 0 Å². The van der Waals surface area contributed by atoms with Gasteiger partial charge in [0.25, 0.3) is 5.91 Å². The Morgan fingerprint density at radius 3 is 2.50 bits per heavy atom. The quantitative estimate of drug-likeness (QED) is 0.587. The summed E-state index contributed by atoms with van der Waals surface area (Å²) in [6.45, 7) is 10.5. The first-order chi connectivity index (χ1) is 12.3. The highest BCUT2D eigenvalue weighted by atomic mass is 79.9. The molecule has 0 atom stereocenters. The number of nitrogens with zero attached hydrogens (tertiary/aromatic N) is 2. The van der Waals surface area contributed by atoms with Crippen LogP contribution < -0.4 is 9.47 Å². The highest BCUT2D eigenvalue weighted by Crippen LogP contribution is 2.38. The summed E-state index contributed by atoms with van der Waals surface area (Å²) < 4.78 is 11.8. The van der Waals surface area contributed by atoms with Gasteiger partial charge in [0.15, 0.2) is 16.7 Å². The number of halogens is 1. The van der Waals surface area contributed by atoms with E-state index in [1.165, 1.54) is 11.8 Å². The van der Waals surface area contributed by atoms with Crippen LogP contribution in [0.25, 0.3) is 6.08 Å². The van der Waals surface area contributed by atoms with Gasteiger partial charge in [0, 0.05) is 16.6 Å². The first kappa shape index (κ1) is 20.8. The molecule has 0 saturated carbocycles. The van der Waals surface area contributed by atoms with Gasteiger partial charge in [-0.1, -0.05) is 15.9 Å². The fourth-order valence-corrected chi connectivity index (χ4v) is 4.14. The van der Waals surface area contributed by atoms with Crippen LogP contribution in [0.2, 0.25) is 0 Å². The number of hydrogen-bond donors (Lipinski definition) is 0. The molecule has 1 amide bonds. The number of amides is 1. The molecule has 1 fully saturated rings. The average molecular weight is 441 g/mol. The molecule has 1 heterocycles. The van der Waals surface area contributed by atoms with Gasteiger partial charge in [0.05, 0.1) is 18.6 Å². The number of rotatable bonds is 6. The van der Waals surface area contributed by atoms with Crippen molar-refractivity contribution in [3.8, 4) is 11.5 Å². The molecule has 0 aromatic heterocycles. The zero-order valence-electron chi connectivity index (χ0n) is 16.0. The largest absolute Gasteiger partial charge is 0.493 e. The van der Waals surface area contributed by atoms with E-state index in [9.17, 15) is 4.79 Å². The molecule has 5 nitrogen and oxygen atoms in total. The normalized spacial score (nSPS) is 17.9. The van der Waals surface area contributed by atoms with Gasteiger partial charge in [0.2, 0.25) is 0 Å². The predicted molar refractivity (Wildman–Crippen MR) is 112 cm³/mol. The summed E-state index contributed by atoms with van der Waals surface area (Å²) >= 11 is 4.97. The summed E-state index contributed by atoms with van der Waals surface area (Å²) in [5.41, 5.74) is 0.861. The smallest absolute Gasteiger partial charge is 0.266 e. The van der Waals surface area contributed by atoms with Crippen molar-refractivity contribution in [3.63, 3.8) is 0 Å². The molecule has 1 aliphatic rings. The van der Waals surface area contributed by atoms with E-state index >= 15 is 0 Å². The number of aliphatic imine (C=N–C) groups is 1. The van der Waals surface area contributed by atoms with Crippen LogP contribution in [0.4, 0.5) is 0 Å². The second kappa shape index (κ2) is 8.95. The number of carbonyl (C=O) groups is 1. The van der Waals surface area contributed by atoms with Crippen molar-refractivity contribution in [2.24, 2.45) is 4.99 Å². The van der Waals surface area contributed by atoms with Crippen LogP contribution in [-0.2, 0) is 4.79 Å². The second-order valence-electron chi connectivity index (χ2n) is 6.34. The Balaban J connectivity index is 2.46. The summed E-state index contributed by atoms with van der Waals surface area (Å²) in [5, 5.41) is 0.751. The van der Waals surface area contributed by atoms with Gasteiger partial charge >= 0.3 is 0 Å². The topological polar surface area (TPSA) is 51.1 Å². The van der Waals surface area contributed by atoms with Crippen LogP contribution in [-0.4, -0.2) is 41.8 Å². The van der Waals surface area contributed by atoms with Gasteiger partial charge in [-0.2, -0.15) is 0 Å². The van der Waals surface area contributed by atoms with Crippen molar-refractivity contribution >= 4 is 44.8 Å². The predicted octanol–water partition coefficient (Wildman–Crippen LogP) is 4.95. The van der Waals surface area contributed by atoms with Crippen LogP contribution in [0, 0.1) is 0 Å². The summed E-state index contributed by atoms with van der Waals surface area (Å²) in [5.74, 6) is 1.28. The second-order valence-corrected chi connectivity index (χ2v) is 8.21. The van der Waals surface area contributed by atoms with Gasteiger partial charge in [0.1, 0.15) is 0 Å². The maximum Gasteiger partial charge on any atom is 0.266 e. The standard InChI is InChI=1S/C19H25BrN2O3S/c1-7-25-16-8-13(14(20)10-15(16)24-6)9-17-18(23)22(12(4)5)19(26-17)21-11(2)3/h8-12H,7H2,1-6H3/b17-9+,21-19?. The Labute approximate surface area is 168 Å². The Bertz CT molecular complexity index is 745. The van der Waals surface area contributed by atoms with Gasteiger partial charge in [-0.05, 0) is 70.2 Å². The molecular formula is C19H25BrN2O3S. The number of amidine groups is 1. The number of ether oxygens (including phenoxy) is 2. The number of carbonyl (C=O) groups excluding carboxylic acids is 1. The van der Waals surface area contributed by atoms with Crippen LogP contribution >= 0.6 is 27.7 Å². The lowest BCUT2D eigenvalue weighted by molar-refractivity contribution is -0.123. The van der Waals surface area contributed by atoms with Crippen LogP contribution in [0.15, 0.2) is 26.5 Å². The summed E-state index contributed by atoms with van der Waals surface area (Å²) in [4.78, 5) is 19.9. The summed E-state index contributed by atoms with van der Waals surface area (Å²) in [6.07, 6.45) is 1.87. The number of hydrogen-bond acceptors (Lipinski definition) is 5. The number of benzene rings is 1. The lowest BCUT2D eigenvalue weighted by atomic mass is 10.1. The van der Waals surface area contributed by atoms with E-state index in [1.807, 2.05) is 52.8 Å². The van der Waals surface area contributed by atoms with E-state index in [0.717, 1.165) is 15.2 Å². The van der Waals surface area contributed by atoms with Crippen molar-refractivity contribution < 1.29 is 14.3 Å². The van der Waals surface area contributed by atoms with Crippen molar-refractivity contribution in [1.29, 1.82) is 0 Å². The highest BCUT2D eigenvalue weighted by molar-refractivity contribution is 9.10. The molecule has 2 rings (SSSR count). The van der Waals surface area contributed by atoms with Crippen molar-refractivity contribution in [2.45, 2.75) is 46.7 Å². The van der Waals surface area contributed by atoms with E-state index in [-0.39, 0.29) is 18.0 Å². The molecule has 0 spiro atoms. The molecule has 1 aromatic rings. The SMILES string of the molecule is CCOc1cc(/C=C2/SC(=NC(C)C)N(C(C)C)C2=O)c(Br)cc1OC. The van der Waals surface area contributed by atoms with E-state index in [0.29, 0.717) is 23.0 Å². The van der Waals surface area contributed by atoms with Gasteiger partial charge < -0.3 is 9.47 Å². The molecule has 1 saturated heterocycles. The molecule has 0 N–H and O–H groups in total. The Hall–Kier alpha value is -1.47. The summed E-state index contributed by atoms with van der Waals surface area (Å²) in [7, 11) is 1.61. The fourth-order valence-electron chi connectivity index (χ4n) is 2.48. The molecule has 1 aromatic carbocycles. The highest BCUT2D eigenvalue weighted by Gasteiger charge is 2.35. The van der Waals surface area contributed by atoms with E-state index in [1.54, 1.807) is 12.0 Å². The average Bonchev–Trinajstić information content (AvgIpc) is 2.85. The minimum absolute atomic E-state index is 0.0231. The first-order valence-electron chi connectivity index (χ1n) is 8.59. The van der Waals surface area contributed by atoms with E-state index < -0.39 is 0 Å². The minimum atomic E-state index is -0.0231. The minimum Gasteiger partial charge on any atom is -0.493 e. The van der Waals surface area contributed by atoms with Gasteiger partial charge in [-0.3, -0.25) is 14.7 Å². The Morgan fingerprint density at radius 1 is 1.27 bits per heavy atom. The molecule has 7 heteroatoms. The number of thioether (sulfide) groups is 1. The third-order valence-corrected chi connectivity index (χ3v) is 5.28. The maximum absolute atomic E-state index is 12.9. The van der Waals surface area contributed by atoms with Crippen LogP contribution in [0.5, 0.6) is 11.5 Å². The molecule has 0 aliphatic carbocycles. The molecule has 0 unspecified atom stereocenters. The van der Waals surface area contributed by atoms with Crippen molar-refractivity contribution in [3.05, 3.63) is 27.1 Å². The first-order valence-corrected chi connectivity index (χ1v) is 10.2. The molecule has 0 radical (unpaired) electrons. The van der Waals surface area contributed by atoms with Crippen molar-refractivity contribution in [1.82, 2.24) is 4.90 Å². The molecule has 1 aliphatic heterocycles. The number of methoxy groups -OCH3 is 1. The van der Waals surface area contributed by atoms with E-state index in [2.05, 4.69) is 20.9 Å². The summed E-state index contributed by atoms with van der Waals surface area (Å²) in [6, 6.07) is 3.91. The Morgan fingerprint density at radius 2 is 1.96 bits per heavy atom. The third-order valence-electron chi connectivity index (χ3n) is 3.59. The van der Waals surface area contributed by atoms with E-state index in [4.69, 9.17) is 9.47 Å². The van der Waals surface area contributed by atoms with Gasteiger partial charge in [-0.15, -0.1) is 0 Å². The lowest BCUT2D eigenvalue weighted by Crippen LogP contribution is -2.35. The fraction of sp³-hybridized carbons (Fsp3) is 0.474.